The molecule has 6 heteroatoms. The monoisotopic (exact) mass is 297 g/mol. The van der Waals surface area contributed by atoms with Gasteiger partial charge in [0, 0.05) is 20.2 Å². The lowest BCUT2D eigenvalue weighted by Crippen LogP contribution is -2.45. The molecule has 0 saturated heterocycles. The Hall–Kier alpha value is -1.82. The van der Waals surface area contributed by atoms with Crippen LogP contribution in [0.2, 0.25) is 0 Å². The lowest BCUT2D eigenvalue weighted by Gasteiger charge is -2.24. The van der Waals surface area contributed by atoms with Gasteiger partial charge in [-0.1, -0.05) is 6.07 Å². The number of rotatable bonds is 6. The summed E-state index contributed by atoms with van der Waals surface area (Å²) in [7, 11) is 1.66. The molecule has 0 aliphatic heterocycles. The van der Waals surface area contributed by atoms with Crippen molar-refractivity contribution in [2.24, 2.45) is 4.99 Å². The number of methoxy groups -OCH3 is 1. The lowest BCUT2D eigenvalue weighted by molar-refractivity contribution is 0.0268. The second-order valence-corrected chi connectivity index (χ2v) is 5.30. The molecule has 1 aromatic carbocycles. The van der Waals surface area contributed by atoms with Crippen molar-refractivity contribution in [3.8, 4) is 5.75 Å². The number of aromatic hydroxyl groups is 1. The van der Waals surface area contributed by atoms with Crippen molar-refractivity contribution >= 4 is 5.96 Å². The summed E-state index contributed by atoms with van der Waals surface area (Å²) in [6, 6.07) is 4.25. The van der Waals surface area contributed by atoms with E-state index in [0.717, 1.165) is 6.54 Å². The molecule has 0 aliphatic rings. The molecular weight excluding hydrogens is 273 g/mol. The molecule has 0 aromatic heterocycles. The van der Waals surface area contributed by atoms with Crippen molar-refractivity contribution in [2.75, 3.05) is 20.2 Å². The Morgan fingerprint density at radius 3 is 2.67 bits per heavy atom. The molecular formula is C15H24FN3O2. The van der Waals surface area contributed by atoms with Crippen LogP contribution in [0.1, 0.15) is 26.3 Å². The highest BCUT2D eigenvalue weighted by Crippen LogP contribution is 2.16. The average molecular weight is 297 g/mol. The van der Waals surface area contributed by atoms with Crippen LogP contribution >= 0.6 is 0 Å². The van der Waals surface area contributed by atoms with E-state index in [1.807, 2.05) is 20.8 Å². The van der Waals surface area contributed by atoms with Gasteiger partial charge in [-0.25, -0.2) is 9.38 Å². The van der Waals surface area contributed by atoms with E-state index in [1.54, 1.807) is 13.2 Å². The molecule has 0 fully saturated rings. The van der Waals surface area contributed by atoms with Crippen molar-refractivity contribution in [3.05, 3.63) is 29.6 Å². The van der Waals surface area contributed by atoms with Crippen molar-refractivity contribution < 1.29 is 14.2 Å². The summed E-state index contributed by atoms with van der Waals surface area (Å²) in [5, 5.41) is 15.5. The Labute approximate surface area is 125 Å². The number of ether oxygens (including phenoxy) is 1. The van der Waals surface area contributed by atoms with Gasteiger partial charge in [0.05, 0.1) is 12.1 Å². The first-order valence-corrected chi connectivity index (χ1v) is 6.92. The highest BCUT2D eigenvalue weighted by atomic mass is 19.1. The Kier molecular flexibility index (Phi) is 6.42. The molecule has 0 saturated carbocycles. The smallest absolute Gasteiger partial charge is 0.191 e. The van der Waals surface area contributed by atoms with Crippen molar-refractivity contribution in [3.63, 3.8) is 0 Å². The molecule has 0 radical (unpaired) electrons. The molecule has 0 bridgehead atoms. The SMILES string of the molecule is CCNC(=NCc1ccc(O)c(F)c1)NCC(C)(C)OC. The molecule has 0 spiro atoms. The van der Waals surface area contributed by atoms with Gasteiger partial charge in [-0.15, -0.1) is 0 Å². The van der Waals surface area contributed by atoms with Crippen molar-refractivity contribution in [2.45, 2.75) is 32.9 Å². The molecule has 0 atom stereocenters. The Balaban J connectivity index is 2.68. The molecule has 1 rings (SSSR count). The van der Waals surface area contributed by atoms with Crippen LogP contribution in [0, 0.1) is 5.82 Å². The molecule has 0 amide bonds. The predicted octanol–water partition coefficient (Wildman–Crippen LogP) is 2.01. The van der Waals surface area contributed by atoms with Crippen LogP contribution in [0.4, 0.5) is 4.39 Å². The first kappa shape index (κ1) is 17.2. The first-order chi connectivity index (χ1) is 9.88. The third-order valence-corrected chi connectivity index (χ3v) is 3.01. The third-order valence-electron chi connectivity index (χ3n) is 3.01. The van der Waals surface area contributed by atoms with Gasteiger partial charge in [-0.2, -0.15) is 0 Å². The van der Waals surface area contributed by atoms with Gasteiger partial charge < -0.3 is 20.5 Å². The maximum absolute atomic E-state index is 13.3. The second kappa shape index (κ2) is 7.83. The standard InChI is InChI=1S/C15H24FN3O2/c1-5-17-14(19-10-15(2,3)21-4)18-9-11-6-7-13(20)12(16)8-11/h6-8,20H,5,9-10H2,1-4H3,(H2,17,18,19). The number of aliphatic imine (C=N–C) groups is 1. The van der Waals surface area contributed by atoms with E-state index in [4.69, 9.17) is 9.84 Å². The molecule has 3 N–H and O–H groups in total. The minimum Gasteiger partial charge on any atom is -0.505 e. The van der Waals surface area contributed by atoms with E-state index >= 15 is 0 Å². The van der Waals surface area contributed by atoms with E-state index in [-0.39, 0.29) is 11.4 Å². The van der Waals surface area contributed by atoms with E-state index in [0.29, 0.717) is 24.6 Å². The van der Waals surface area contributed by atoms with Crippen LogP contribution in [0.25, 0.3) is 0 Å². The zero-order valence-electron chi connectivity index (χ0n) is 13.0. The fraction of sp³-hybridized carbons (Fsp3) is 0.533. The zero-order chi connectivity index (χ0) is 15.9. The minimum atomic E-state index is -0.638. The third kappa shape index (κ3) is 5.99. The number of hydrogen-bond donors (Lipinski definition) is 3. The van der Waals surface area contributed by atoms with E-state index < -0.39 is 5.82 Å². The van der Waals surface area contributed by atoms with Crippen LogP contribution in [-0.4, -0.2) is 36.9 Å². The zero-order valence-corrected chi connectivity index (χ0v) is 13.0. The van der Waals surface area contributed by atoms with Gasteiger partial charge >= 0.3 is 0 Å². The van der Waals surface area contributed by atoms with Crippen LogP contribution in [0.5, 0.6) is 5.75 Å². The first-order valence-electron chi connectivity index (χ1n) is 6.92. The maximum Gasteiger partial charge on any atom is 0.191 e. The topological polar surface area (TPSA) is 65.9 Å². The number of phenolic OH excluding ortho intramolecular Hbond substituents is 1. The van der Waals surface area contributed by atoms with Crippen LogP contribution < -0.4 is 10.6 Å². The molecule has 21 heavy (non-hydrogen) atoms. The number of hydrogen-bond acceptors (Lipinski definition) is 3. The van der Waals surface area contributed by atoms with Gasteiger partial charge in [0.15, 0.2) is 17.5 Å². The van der Waals surface area contributed by atoms with E-state index in [1.165, 1.54) is 12.1 Å². The van der Waals surface area contributed by atoms with Crippen molar-refractivity contribution in [1.82, 2.24) is 10.6 Å². The average Bonchev–Trinajstić information content (AvgIpc) is 2.45. The Morgan fingerprint density at radius 2 is 2.10 bits per heavy atom. The van der Waals surface area contributed by atoms with E-state index in [2.05, 4.69) is 15.6 Å². The quantitative estimate of drug-likeness (QED) is 0.555. The Bertz CT molecular complexity index is 490. The highest BCUT2D eigenvalue weighted by molar-refractivity contribution is 5.79. The predicted molar refractivity (Wildman–Crippen MR) is 82.0 cm³/mol. The highest BCUT2D eigenvalue weighted by Gasteiger charge is 2.16. The largest absolute Gasteiger partial charge is 0.505 e. The van der Waals surface area contributed by atoms with Gasteiger partial charge in [-0.3, -0.25) is 0 Å². The number of halogens is 1. The summed E-state index contributed by atoms with van der Waals surface area (Å²) in [4.78, 5) is 4.38. The molecule has 5 nitrogen and oxygen atoms in total. The van der Waals surface area contributed by atoms with E-state index in [9.17, 15) is 4.39 Å². The Morgan fingerprint density at radius 1 is 1.38 bits per heavy atom. The fourth-order valence-corrected chi connectivity index (χ4v) is 1.53. The van der Waals surface area contributed by atoms with Crippen LogP contribution in [0.3, 0.4) is 0 Å². The minimum absolute atomic E-state index is 0.305. The number of phenols is 1. The van der Waals surface area contributed by atoms with Crippen LogP contribution in [0.15, 0.2) is 23.2 Å². The van der Waals surface area contributed by atoms with Crippen molar-refractivity contribution in [1.29, 1.82) is 0 Å². The number of nitrogens with zero attached hydrogens (tertiary/aromatic N) is 1. The fourth-order valence-electron chi connectivity index (χ4n) is 1.53. The summed E-state index contributed by atoms with van der Waals surface area (Å²) < 4.78 is 18.6. The summed E-state index contributed by atoms with van der Waals surface area (Å²) >= 11 is 0. The number of benzene rings is 1. The second-order valence-electron chi connectivity index (χ2n) is 5.30. The molecule has 1 aromatic rings. The van der Waals surface area contributed by atoms with Gasteiger partial charge in [0.1, 0.15) is 0 Å². The van der Waals surface area contributed by atoms with Crippen LogP contribution in [-0.2, 0) is 11.3 Å². The summed E-state index contributed by atoms with van der Waals surface area (Å²) in [5.74, 6) is -0.355. The van der Waals surface area contributed by atoms with Gasteiger partial charge in [0.2, 0.25) is 0 Å². The molecule has 0 heterocycles. The lowest BCUT2D eigenvalue weighted by atomic mass is 10.1. The maximum atomic E-state index is 13.3. The van der Waals surface area contributed by atoms with Gasteiger partial charge in [0.25, 0.3) is 0 Å². The number of guanidine groups is 1. The molecule has 0 aliphatic carbocycles. The normalized spacial score (nSPS) is 12.3. The summed E-state index contributed by atoms with van der Waals surface area (Å²) in [6.07, 6.45) is 0. The summed E-state index contributed by atoms with van der Waals surface area (Å²) in [5.41, 5.74) is 0.384. The molecule has 118 valence electrons. The summed E-state index contributed by atoms with van der Waals surface area (Å²) in [6.45, 7) is 7.55. The number of nitrogens with one attached hydrogen (secondary N) is 2. The van der Waals surface area contributed by atoms with Gasteiger partial charge in [-0.05, 0) is 38.5 Å². The molecule has 0 unspecified atom stereocenters.